The van der Waals surface area contributed by atoms with E-state index in [-0.39, 0.29) is 6.03 Å². The van der Waals surface area contributed by atoms with Gasteiger partial charge in [0.25, 0.3) is 0 Å². The minimum atomic E-state index is -0.577. The van der Waals surface area contributed by atoms with E-state index >= 15 is 0 Å². The molecule has 6 nitrogen and oxygen atoms in total. The molecule has 1 unspecified atom stereocenters. The van der Waals surface area contributed by atoms with Gasteiger partial charge in [0.1, 0.15) is 11.5 Å². The Morgan fingerprint density at radius 3 is 2.21 bits per heavy atom. The molecule has 6 heteroatoms. The molecule has 146 valence electrons. The summed E-state index contributed by atoms with van der Waals surface area (Å²) in [4.78, 5) is 24.4. The predicted molar refractivity (Wildman–Crippen MR) is 106 cm³/mol. The van der Waals surface area contributed by atoms with Crippen molar-refractivity contribution in [2.75, 3.05) is 6.61 Å². The summed E-state index contributed by atoms with van der Waals surface area (Å²) >= 11 is 0. The number of hydrogen-bond acceptors (Lipinski definition) is 4. The minimum Gasteiger partial charge on any atom is -0.462 e. The number of ether oxygens (including phenoxy) is 2. The summed E-state index contributed by atoms with van der Waals surface area (Å²) < 4.78 is 11.1. The molecule has 0 spiro atoms. The van der Waals surface area contributed by atoms with Crippen LogP contribution in [0.4, 0.5) is 4.79 Å². The Hall–Kier alpha value is -3.28. The van der Waals surface area contributed by atoms with Crippen LogP contribution in [-0.4, -0.2) is 18.6 Å². The highest BCUT2D eigenvalue weighted by atomic mass is 16.5. The highest BCUT2D eigenvalue weighted by molar-refractivity contribution is 5.95. The molecule has 0 fully saturated rings. The molecule has 0 saturated carbocycles. The van der Waals surface area contributed by atoms with Gasteiger partial charge in [0, 0.05) is 5.70 Å². The number of urea groups is 1. The van der Waals surface area contributed by atoms with Crippen LogP contribution in [0.25, 0.3) is 0 Å². The Balaban J connectivity index is 1.81. The lowest BCUT2D eigenvalue weighted by Gasteiger charge is -2.28. The van der Waals surface area contributed by atoms with Crippen LogP contribution < -0.4 is 15.4 Å². The quantitative estimate of drug-likeness (QED) is 0.730. The lowest BCUT2D eigenvalue weighted by atomic mass is 9.95. The molecule has 3 rings (SSSR count). The lowest BCUT2D eigenvalue weighted by Crippen LogP contribution is -2.45. The first-order valence-corrected chi connectivity index (χ1v) is 9.28. The number of esters is 1. The van der Waals surface area contributed by atoms with E-state index in [1.807, 2.05) is 62.4 Å². The van der Waals surface area contributed by atoms with E-state index in [0.717, 1.165) is 23.3 Å². The summed E-state index contributed by atoms with van der Waals surface area (Å²) in [5.41, 5.74) is 2.83. The topological polar surface area (TPSA) is 76.7 Å². The van der Waals surface area contributed by atoms with Gasteiger partial charge in [-0.05, 0) is 50.1 Å². The fraction of sp³-hybridized carbons (Fsp3) is 0.273. The van der Waals surface area contributed by atoms with Gasteiger partial charge in [-0.15, -0.1) is 0 Å². The van der Waals surface area contributed by atoms with E-state index in [9.17, 15) is 9.59 Å². The standard InChI is InChI=1S/C22H24N2O4/c1-4-13-27-21(25)19-15(3)23-22(26)24-20(19)16-7-11-18(12-8-16)28-17-9-5-14(2)6-10-17/h5-12,20H,4,13H2,1-3H3,(H2,23,24,26). The number of benzene rings is 2. The largest absolute Gasteiger partial charge is 0.462 e. The van der Waals surface area contributed by atoms with E-state index in [0.29, 0.717) is 23.6 Å². The van der Waals surface area contributed by atoms with E-state index in [4.69, 9.17) is 9.47 Å². The molecular formula is C22H24N2O4. The third kappa shape index (κ3) is 4.52. The number of rotatable bonds is 6. The van der Waals surface area contributed by atoms with Gasteiger partial charge < -0.3 is 20.1 Å². The zero-order valence-corrected chi connectivity index (χ0v) is 16.2. The molecule has 1 heterocycles. The van der Waals surface area contributed by atoms with Crippen molar-refractivity contribution in [3.63, 3.8) is 0 Å². The molecule has 2 N–H and O–H groups in total. The third-order valence-corrected chi connectivity index (χ3v) is 4.40. The molecule has 0 radical (unpaired) electrons. The molecule has 1 atom stereocenters. The Kier molecular flexibility index (Phi) is 5.99. The molecule has 1 aliphatic rings. The molecule has 0 aromatic heterocycles. The first-order valence-electron chi connectivity index (χ1n) is 9.28. The summed E-state index contributed by atoms with van der Waals surface area (Å²) in [7, 11) is 0. The molecule has 2 aromatic carbocycles. The summed E-state index contributed by atoms with van der Waals surface area (Å²) in [6, 6.07) is 14.1. The van der Waals surface area contributed by atoms with Gasteiger partial charge in [-0.25, -0.2) is 9.59 Å². The maximum Gasteiger partial charge on any atom is 0.338 e. The molecule has 0 saturated heterocycles. The third-order valence-electron chi connectivity index (χ3n) is 4.40. The van der Waals surface area contributed by atoms with Crippen molar-refractivity contribution in [1.29, 1.82) is 0 Å². The highest BCUT2D eigenvalue weighted by Crippen LogP contribution is 2.30. The van der Waals surface area contributed by atoms with E-state index < -0.39 is 12.0 Å². The van der Waals surface area contributed by atoms with Crippen molar-refractivity contribution < 1.29 is 19.1 Å². The fourth-order valence-electron chi connectivity index (χ4n) is 2.96. The van der Waals surface area contributed by atoms with E-state index in [1.54, 1.807) is 6.92 Å². The zero-order chi connectivity index (χ0) is 20.1. The Morgan fingerprint density at radius 2 is 1.61 bits per heavy atom. The Labute approximate surface area is 164 Å². The molecule has 2 amide bonds. The van der Waals surface area contributed by atoms with Crippen molar-refractivity contribution in [3.05, 3.63) is 70.9 Å². The van der Waals surface area contributed by atoms with Crippen LogP contribution in [0.2, 0.25) is 0 Å². The van der Waals surface area contributed by atoms with Crippen molar-refractivity contribution in [2.45, 2.75) is 33.2 Å². The Morgan fingerprint density at radius 1 is 1.00 bits per heavy atom. The summed E-state index contributed by atoms with van der Waals surface area (Å²) in [5.74, 6) is 0.980. The Bertz CT molecular complexity index is 886. The average Bonchev–Trinajstić information content (AvgIpc) is 2.68. The van der Waals surface area contributed by atoms with Crippen molar-refractivity contribution >= 4 is 12.0 Å². The van der Waals surface area contributed by atoms with Crippen LogP contribution in [0.15, 0.2) is 59.8 Å². The van der Waals surface area contributed by atoms with Crippen molar-refractivity contribution in [3.8, 4) is 11.5 Å². The van der Waals surface area contributed by atoms with Crippen LogP contribution in [-0.2, 0) is 9.53 Å². The van der Waals surface area contributed by atoms with E-state index in [1.165, 1.54) is 0 Å². The number of hydrogen-bond donors (Lipinski definition) is 2. The molecule has 1 aliphatic heterocycles. The van der Waals surface area contributed by atoms with E-state index in [2.05, 4.69) is 10.6 Å². The molecule has 28 heavy (non-hydrogen) atoms. The molecular weight excluding hydrogens is 356 g/mol. The van der Waals surface area contributed by atoms with Gasteiger partial charge in [0.15, 0.2) is 0 Å². The first-order chi connectivity index (χ1) is 13.5. The van der Waals surface area contributed by atoms with Crippen LogP contribution >= 0.6 is 0 Å². The van der Waals surface area contributed by atoms with Crippen LogP contribution in [0.5, 0.6) is 11.5 Å². The van der Waals surface area contributed by atoms with Crippen LogP contribution in [0, 0.1) is 6.92 Å². The number of allylic oxidation sites excluding steroid dienone is 1. The van der Waals surface area contributed by atoms with Gasteiger partial charge in [0.2, 0.25) is 0 Å². The smallest absolute Gasteiger partial charge is 0.338 e. The summed E-state index contributed by atoms with van der Waals surface area (Å²) in [6.07, 6.45) is 0.730. The van der Waals surface area contributed by atoms with Crippen LogP contribution in [0.3, 0.4) is 0 Å². The second-order valence-electron chi connectivity index (χ2n) is 6.69. The molecule has 0 aliphatic carbocycles. The van der Waals surface area contributed by atoms with Gasteiger partial charge in [-0.1, -0.05) is 36.8 Å². The van der Waals surface area contributed by atoms with Crippen molar-refractivity contribution in [2.24, 2.45) is 0 Å². The highest BCUT2D eigenvalue weighted by Gasteiger charge is 2.32. The SMILES string of the molecule is CCCOC(=O)C1=C(C)NC(=O)NC1c1ccc(Oc2ccc(C)cc2)cc1. The summed E-state index contributed by atoms with van der Waals surface area (Å²) in [6.45, 7) is 5.98. The molecule has 0 bridgehead atoms. The first kappa shape index (κ1) is 19.5. The number of nitrogens with one attached hydrogen (secondary N) is 2. The number of amides is 2. The fourth-order valence-corrected chi connectivity index (χ4v) is 2.96. The molecule has 2 aromatic rings. The number of carbonyl (C=O) groups excluding carboxylic acids is 2. The summed E-state index contributed by atoms with van der Waals surface area (Å²) in [5, 5.41) is 5.44. The average molecular weight is 380 g/mol. The van der Waals surface area contributed by atoms with Gasteiger partial charge in [-0.2, -0.15) is 0 Å². The lowest BCUT2D eigenvalue weighted by molar-refractivity contribution is -0.139. The maximum atomic E-state index is 12.5. The number of aryl methyl sites for hydroxylation is 1. The predicted octanol–water partition coefficient (Wildman–Crippen LogP) is 4.37. The number of carbonyl (C=O) groups is 2. The minimum absolute atomic E-state index is 0.333. The maximum absolute atomic E-state index is 12.5. The second-order valence-corrected chi connectivity index (χ2v) is 6.69. The van der Waals surface area contributed by atoms with Gasteiger partial charge in [-0.3, -0.25) is 0 Å². The monoisotopic (exact) mass is 380 g/mol. The van der Waals surface area contributed by atoms with Gasteiger partial charge >= 0.3 is 12.0 Å². The van der Waals surface area contributed by atoms with Crippen molar-refractivity contribution in [1.82, 2.24) is 10.6 Å². The van der Waals surface area contributed by atoms with Crippen LogP contribution in [0.1, 0.15) is 37.4 Å². The second kappa shape index (κ2) is 8.61. The van der Waals surface area contributed by atoms with Gasteiger partial charge in [0.05, 0.1) is 18.2 Å². The zero-order valence-electron chi connectivity index (χ0n) is 16.2. The normalized spacial score (nSPS) is 16.2.